The van der Waals surface area contributed by atoms with Gasteiger partial charge >= 0.3 is 0 Å². The molecule has 0 radical (unpaired) electrons. The number of sulfonamides is 1. The third-order valence-corrected chi connectivity index (χ3v) is 5.07. The molecule has 0 unspecified atom stereocenters. The maximum absolute atomic E-state index is 12.5. The fraction of sp³-hybridized carbons (Fsp3) is 0.235. The molecule has 126 valence electrons. The van der Waals surface area contributed by atoms with Crippen molar-refractivity contribution in [3.8, 4) is 5.75 Å². The number of carbonyl (C=O) groups excluding carboxylic acids is 1. The highest BCUT2D eigenvalue weighted by Gasteiger charge is 2.24. The number of ether oxygens (including phenoxy) is 1. The van der Waals surface area contributed by atoms with Gasteiger partial charge in [0.05, 0.1) is 17.7 Å². The molecule has 0 aliphatic heterocycles. The Labute approximate surface area is 140 Å². The molecule has 2 N–H and O–H groups in total. The van der Waals surface area contributed by atoms with Gasteiger partial charge < -0.3 is 10.1 Å². The molecular formula is C17H18N2O4S. The Morgan fingerprint density at radius 1 is 1.08 bits per heavy atom. The summed E-state index contributed by atoms with van der Waals surface area (Å²) in [7, 11) is -2.29. The molecule has 1 aliphatic rings. The summed E-state index contributed by atoms with van der Waals surface area (Å²) >= 11 is 0. The zero-order valence-corrected chi connectivity index (χ0v) is 14.0. The van der Waals surface area contributed by atoms with Gasteiger partial charge in [0.15, 0.2) is 0 Å². The highest BCUT2D eigenvalue weighted by atomic mass is 32.2. The predicted molar refractivity (Wildman–Crippen MR) is 90.7 cm³/mol. The van der Waals surface area contributed by atoms with Gasteiger partial charge in [-0.3, -0.25) is 9.52 Å². The number of hydrogen-bond donors (Lipinski definition) is 2. The SMILES string of the molecule is COc1ccccc1NS(=O)(=O)c1ccc(C(=O)NC2CC2)cc1. The average molecular weight is 346 g/mol. The van der Waals surface area contributed by atoms with Crippen molar-refractivity contribution in [2.75, 3.05) is 11.8 Å². The van der Waals surface area contributed by atoms with Crippen LogP contribution in [0.15, 0.2) is 53.4 Å². The Kier molecular flexibility index (Phi) is 4.44. The molecule has 6 nitrogen and oxygen atoms in total. The molecule has 0 saturated heterocycles. The minimum Gasteiger partial charge on any atom is -0.495 e. The van der Waals surface area contributed by atoms with Crippen LogP contribution in [0, 0.1) is 0 Å². The van der Waals surface area contributed by atoms with E-state index in [1.807, 2.05) is 0 Å². The van der Waals surface area contributed by atoms with Gasteiger partial charge in [0.25, 0.3) is 15.9 Å². The van der Waals surface area contributed by atoms with Crippen LogP contribution in [0.4, 0.5) is 5.69 Å². The highest BCUT2D eigenvalue weighted by molar-refractivity contribution is 7.92. The second-order valence-electron chi connectivity index (χ2n) is 5.58. The summed E-state index contributed by atoms with van der Waals surface area (Å²) in [6.45, 7) is 0. The molecule has 2 aromatic carbocycles. The van der Waals surface area contributed by atoms with Crippen LogP contribution < -0.4 is 14.8 Å². The first-order valence-electron chi connectivity index (χ1n) is 7.56. The smallest absolute Gasteiger partial charge is 0.262 e. The van der Waals surface area contributed by atoms with Gasteiger partial charge in [-0.2, -0.15) is 0 Å². The first-order valence-corrected chi connectivity index (χ1v) is 9.05. The first kappa shape index (κ1) is 16.3. The zero-order chi connectivity index (χ0) is 17.2. The van der Waals surface area contributed by atoms with Gasteiger partial charge in [-0.15, -0.1) is 0 Å². The quantitative estimate of drug-likeness (QED) is 0.841. The van der Waals surface area contributed by atoms with Crippen LogP contribution >= 0.6 is 0 Å². The second-order valence-corrected chi connectivity index (χ2v) is 7.26. The standard InChI is InChI=1S/C17H18N2O4S/c1-23-16-5-3-2-4-15(16)19-24(21,22)14-10-6-12(7-11-14)17(20)18-13-8-9-13/h2-7,10-11,13,19H,8-9H2,1H3,(H,18,20). The van der Waals surface area contributed by atoms with E-state index in [1.54, 1.807) is 24.3 Å². The molecule has 2 aromatic rings. The van der Waals surface area contributed by atoms with Crippen LogP contribution in [0.5, 0.6) is 5.75 Å². The van der Waals surface area contributed by atoms with Crippen molar-refractivity contribution in [2.45, 2.75) is 23.8 Å². The summed E-state index contributed by atoms with van der Waals surface area (Å²) < 4.78 is 32.6. The third kappa shape index (κ3) is 3.68. The van der Waals surface area contributed by atoms with E-state index in [2.05, 4.69) is 10.0 Å². The van der Waals surface area contributed by atoms with Gasteiger partial charge in [-0.1, -0.05) is 12.1 Å². The summed E-state index contributed by atoms with van der Waals surface area (Å²) in [4.78, 5) is 12.0. The third-order valence-electron chi connectivity index (χ3n) is 3.69. The van der Waals surface area contributed by atoms with Crippen LogP contribution in [0.2, 0.25) is 0 Å². The van der Waals surface area contributed by atoms with Crippen molar-refractivity contribution >= 4 is 21.6 Å². The van der Waals surface area contributed by atoms with Crippen molar-refractivity contribution in [2.24, 2.45) is 0 Å². The van der Waals surface area contributed by atoms with Gasteiger partial charge in [-0.05, 0) is 49.2 Å². The van der Waals surface area contributed by atoms with Crippen molar-refractivity contribution in [3.05, 3.63) is 54.1 Å². The number of methoxy groups -OCH3 is 1. The molecule has 7 heteroatoms. The fourth-order valence-corrected chi connectivity index (χ4v) is 3.28. The highest BCUT2D eigenvalue weighted by Crippen LogP contribution is 2.26. The van der Waals surface area contributed by atoms with Crippen molar-refractivity contribution in [1.29, 1.82) is 0 Å². The van der Waals surface area contributed by atoms with Crippen LogP contribution in [0.1, 0.15) is 23.2 Å². The summed E-state index contributed by atoms with van der Waals surface area (Å²) in [5.74, 6) is 0.251. The Balaban J connectivity index is 1.78. The zero-order valence-electron chi connectivity index (χ0n) is 13.2. The lowest BCUT2D eigenvalue weighted by Crippen LogP contribution is -2.25. The number of para-hydroxylation sites is 2. The van der Waals surface area contributed by atoms with Crippen LogP contribution in [-0.4, -0.2) is 27.5 Å². The van der Waals surface area contributed by atoms with Gasteiger partial charge in [0.2, 0.25) is 0 Å². The molecule has 0 heterocycles. The molecule has 0 atom stereocenters. The van der Waals surface area contributed by atoms with Crippen molar-refractivity contribution in [3.63, 3.8) is 0 Å². The molecule has 0 spiro atoms. The summed E-state index contributed by atoms with van der Waals surface area (Å²) in [5, 5.41) is 2.86. The lowest BCUT2D eigenvalue weighted by atomic mass is 10.2. The summed E-state index contributed by atoms with van der Waals surface area (Å²) in [5.41, 5.74) is 0.800. The normalized spacial score (nSPS) is 14.0. The molecule has 0 aromatic heterocycles. The van der Waals surface area contributed by atoms with E-state index in [0.29, 0.717) is 17.0 Å². The fourth-order valence-electron chi connectivity index (χ4n) is 2.21. The van der Waals surface area contributed by atoms with E-state index in [-0.39, 0.29) is 16.8 Å². The largest absolute Gasteiger partial charge is 0.495 e. The van der Waals surface area contributed by atoms with E-state index < -0.39 is 10.0 Å². The van der Waals surface area contributed by atoms with Crippen LogP contribution in [-0.2, 0) is 10.0 Å². The van der Waals surface area contributed by atoms with Crippen molar-refractivity contribution in [1.82, 2.24) is 5.32 Å². The van der Waals surface area contributed by atoms with Gasteiger partial charge in [0, 0.05) is 11.6 Å². The lowest BCUT2D eigenvalue weighted by molar-refractivity contribution is 0.0951. The number of benzene rings is 2. The molecule has 1 amide bonds. The Hall–Kier alpha value is -2.54. The first-order chi connectivity index (χ1) is 11.5. The van der Waals surface area contributed by atoms with Crippen molar-refractivity contribution < 1.29 is 17.9 Å². The average Bonchev–Trinajstić information content (AvgIpc) is 3.39. The number of anilines is 1. The van der Waals surface area contributed by atoms with E-state index in [4.69, 9.17) is 4.74 Å². The second kappa shape index (κ2) is 6.52. The minimum absolute atomic E-state index is 0.0800. The maximum Gasteiger partial charge on any atom is 0.262 e. The lowest BCUT2D eigenvalue weighted by Gasteiger charge is -2.12. The summed E-state index contributed by atoms with van der Waals surface area (Å²) in [6, 6.07) is 12.9. The molecule has 0 bridgehead atoms. The van der Waals surface area contributed by atoms with Crippen LogP contribution in [0.3, 0.4) is 0 Å². The number of hydrogen-bond acceptors (Lipinski definition) is 4. The number of carbonyl (C=O) groups is 1. The molecular weight excluding hydrogens is 328 g/mol. The maximum atomic E-state index is 12.5. The summed E-state index contributed by atoms with van der Waals surface area (Å²) in [6.07, 6.45) is 2.00. The minimum atomic E-state index is -3.76. The molecule has 3 rings (SSSR count). The Morgan fingerprint density at radius 2 is 1.75 bits per heavy atom. The van der Waals surface area contributed by atoms with E-state index in [1.165, 1.54) is 31.4 Å². The Bertz CT molecular complexity index is 843. The van der Waals surface area contributed by atoms with E-state index >= 15 is 0 Å². The molecule has 1 saturated carbocycles. The topological polar surface area (TPSA) is 84.5 Å². The van der Waals surface area contributed by atoms with E-state index in [9.17, 15) is 13.2 Å². The molecule has 24 heavy (non-hydrogen) atoms. The number of rotatable bonds is 6. The van der Waals surface area contributed by atoms with Crippen LogP contribution in [0.25, 0.3) is 0 Å². The number of amides is 1. The number of nitrogens with one attached hydrogen (secondary N) is 2. The van der Waals surface area contributed by atoms with Gasteiger partial charge in [0.1, 0.15) is 5.75 Å². The Morgan fingerprint density at radius 3 is 2.38 bits per heavy atom. The predicted octanol–water partition coefficient (Wildman–Crippen LogP) is 2.39. The van der Waals surface area contributed by atoms with Gasteiger partial charge in [-0.25, -0.2) is 8.42 Å². The molecule has 1 fully saturated rings. The molecule has 1 aliphatic carbocycles. The monoisotopic (exact) mass is 346 g/mol. The van der Waals surface area contributed by atoms with E-state index in [0.717, 1.165) is 12.8 Å².